The molecule has 1 aromatic carbocycles. The summed E-state index contributed by atoms with van der Waals surface area (Å²) >= 11 is 9.04. The van der Waals surface area contributed by atoms with Crippen LogP contribution in [0.2, 0.25) is 5.02 Å². The Kier molecular flexibility index (Phi) is 3.41. The van der Waals surface area contributed by atoms with Crippen molar-refractivity contribution in [1.82, 2.24) is 0 Å². The van der Waals surface area contributed by atoms with Gasteiger partial charge in [0.1, 0.15) is 6.07 Å². The van der Waals surface area contributed by atoms with Gasteiger partial charge in [-0.15, -0.1) is 0 Å². The van der Waals surface area contributed by atoms with Crippen LogP contribution in [0.25, 0.3) is 11.0 Å². The van der Waals surface area contributed by atoms with E-state index >= 15 is 0 Å². The Morgan fingerprint density at radius 2 is 2.29 bits per heavy atom. The molecule has 0 amide bonds. The summed E-state index contributed by atoms with van der Waals surface area (Å²) in [6.45, 7) is 1.96. The van der Waals surface area contributed by atoms with Crippen molar-refractivity contribution in [2.45, 2.75) is 19.8 Å². The van der Waals surface area contributed by atoms with E-state index in [-0.39, 0.29) is 10.8 Å². The summed E-state index contributed by atoms with van der Waals surface area (Å²) in [5.74, 6) is -0.373. The second-order valence-corrected chi connectivity index (χ2v) is 4.89. The number of nitrogens with zero attached hydrogens (tertiary/aromatic N) is 1. The van der Waals surface area contributed by atoms with Crippen LogP contribution in [0, 0.1) is 17.1 Å². The van der Waals surface area contributed by atoms with E-state index in [0.717, 1.165) is 6.42 Å². The van der Waals surface area contributed by atoms with Gasteiger partial charge >= 0.3 is 0 Å². The van der Waals surface area contributed by atoms with Crippen LogP contribution in [-0.2, 0) is 6.42 Å². The lowest BCUT2D eigenvalue weighted by molar-refractivity contribution is 0.589. The number of furan rings is 1. The van der Waals surface area contributed by atoms with Gasteiger partial charge in [0, 0.05) is 5.56 Å². The van der Waals surface area contributed by atoms with E-state index in [2.05, 4.69) is 15.9 Å². The monoisotopic (exact) mass is 315 g/mol. The van der Waals surface area contributed by atoms with Crippen LogP contribution in [-0.4, -0.2) is 0 Å². The summed E-state index contributed by atoms with van der Waals surface area (Å²) < 4.78 is 19.9. The third-order valence-corrected chi connectivity index (χ3v) is 3.37. The zero-order valence-corrected chi connectivity index (χ0v) is 11.3. The molecular formula is C12H8BrClFNO. The highest BCUT2D eigenvalue weighted by Gasteiger charge is 2.21. The van der Waals surface area contributed by atoms with Gasteiger partial charge in [-0.3, -0.25) is 0 Å². The zero-order chi connectivity index (χ0) is 12.6. The highest BCUT2D eigenvalue weighted by atomic mass is 79.9. The van der Waals surface area contributed by atoms with E-state index < -0.39 is 5.82 Å². The molecule has 0 N–H and O–H groups in total. The van der Waals surface area contributed by atoms with Crippen molar-refractivity contribution < 1.29 is 8.81 Å². The van der Waals surface area contributed by atoms with Crippen LogP contribution < -0.4 is 0 Å². The van der Waals surface area contributed by atoms with Gasteiger partial charge in [0.15, 0.2) is 11.4 Å². The third-order valence-electron chi connectivity index (χ3n) is 2.51. The average Bonchev–Trinajstić information content (AvgIpc) is 2.66. The number of rotatable bonds is 2. The van der Waals surface area contributed by atoms with E-state index in [0.29, 0.717) is 27.4 Å². The van der Waals surface area contributed by atoms with Gasteiger partial charge in [-0.2, -0.15) is 5.26 Å². The Bertz CT molecular complexity index is 630. The Morgan fingerprint density at radius 1 is 1.59 bits per heavy atom. The maximum Gasteiger partial charge on any atom is 0.208 e. The third kappa shape index (κ3) is 1.94. The molecular weight excluding hydrogens is 308 g/mol. The molecule has 0 radical (unpaired) electrons. The largest absolute Gasteiger partial charge is 0.444 e. The molecule has 0 unspecified atom stereocenters. The quantitative estimate of drug-likeness (QED) is 0.745. The summed E-state index contributed by atoms with van der Waals surface area (Å²) in [5, 5.41) is 9.31. The number of aryl methyl sites for hydroxylation is 1. The molecule has 88 valence electrons. The van der Waals surface area contributed by atoms with Crippen molar-refractivity contribution in [2.24, 2.45) is 0 Å². The maximum atomic E-state index is 14.0. The second-order valence-electron chi connectivity index (χ2n) is 3.63. The minimum absolute atomic E-state index is 0.0204. The van der Waals surface area contributed by atoms with Gasteiger partial charge < -0.3 is 4.42 Å². The minimum Gasteiger partial charge on any atom is -0.444 e. The molecule has 0 aliphatic carbocycles. The van der Waals surface area contributed by atoms with Crippen LogP contribution in [0.15, 0.2) is 15.0 Å². The summed E-state index contributed by atoms with van der Waals surface area (Å²) in [4.78, 5) is 0. The number of benzene rings is 1. The molecule has 0 aliphatic heterocycles. The number of nitriles is 1. The molecule has 1 aromatic heterocycles. The van der Waals surface area contributed by atoms with E-state index in [1.807, 2.05) is 13.0 Å². The molecule has 2 rings (SSSR count). The number of hydrogen-bond donors (Lipinski definition) is 0. The van der Waals surface area contributed by atoms with Crippen LogP contribution >= 0.6 is 27.5 Å². The van der Waals surface area contributed by atoms with Crippen molar-refractivity contribution in [3.05, 3.63) is 32.7 Å². The lowest BCUT2D eigenvalue weighted by Gasteiger charge is -2.00. The van der Waals surface area contributed by atoms with Crippen LogP contribution in [0.4, 0.5) is 4.39 Å². The first kappa shape index (κ1) is 12.4. The first-order valence-electron chi connectivity index (χ1n) is 5.09. The van der Waals surface area contributed by atoms with Gasteiger partial charge in [-0.05, 0) is 28.4 Å². The fourth-order valence-corrected chi connectivity index (χ4v) is 2.65. The van der Waals surface area contributed by atoms with Gasteiger partial charge in [-0.25, -0.2) is 4.39 Å². The Hall–Kier alpha value is -1.05. The summed E-state index contributed by atoms with van der Waals surface area (Å²) in [7, 11) is 0. The summed E-state index contributed by atoms with van der Waals surface area (Å²) in [6, 6.07) is 3.38. The Morgan fingerprint density at radius 3 is 2.88 bits per heavy atom. The topological polar surface area (TPSA) is 36.9 Å². The van der Waals surface area contributed by atoms with E-state index in [4.69, 9.17) is 21.3 Å². The Labute approximate surface area is 111 Å². The molecule has 0 spiro atoms. The van der Waals surface area contributed by atoms with Crippen molar-refractivity contribution in [3.63, 3.8) is 0 Å². The average molecular weight is 317 g/mol. The number of fused-ring (bicyclic) bond motifs is 1. The van der Waals surface area contributed by atoms with Gasteiger partial charge in [0.05, 0.1) is 14.9 Å². The summed E-state index contributed by atoms with van der Waals surface area (Å²) in [6.07, 6.45) is 1.38. The second kappa shape index (κ2) is 4.67. The molecule has 1 heterocycles. The van der Waals surface area contributed by atoms with Crippen LogP contribution in [0.1, 0.15) is 24.7 Å². The predicted molar refractivity (Wildman–Crippen MR) is 67.6 cm³/mol. The van der Waals surface area contributed by atoms with Crippen LogP contribution in [0.3, 0.4) is 0 Å². The molecule has 0 aliphatic rings. The molecule has 2 nitrogen and oxygen atoms in total. The van der Waals surface area contributed by atoms with Crippen molar-refractivity contribution >= 4 is 38.5 Å². The molecule has 0 saturated heterocycles. The maximum absolute atomic E-state index is 14.0. The molecule has 5 heteroatoms. The molecule has 2 aromatic rings. The smallest absolute Gasteiger partial charge is 0.208 e. The molecule has 0 fully saturated rings. The molecule has 0 bridgehead atoms. The van der Waals surface area contributed by atoms with Gasteiger partial charge in [0.25, 0.3) is 0 Å². The number of halogens is 3. The standard InChI is InChI=1S/C12H8BrClFNO/c1-2-3-6-9(5-16)17-12-7(13)4-8(14)11(15)10(6)12/h4H,2-3H2,1H3. The SMILES string of the molecule is CCCc1c(C#N)oc2c(Br)cc(Cl)c(F)c12. The molecule has 0 saturated carbocycles. The minimum atomic E-state index is -0.529. The fourth-order valence-electron chi connectivity index (χ4n) is 1.80. The highest BCUT2D eigenvalue weighted by molar-refractivity contribution is 9.10. The van der Waals surface area contributed by atoms with E-state index in [1.165, 1.54) is 6.07 Å². The fraction of sp³-hybridized carbons (Fsp3) is 0.250. The summed E-state index contributed by atoms with van der Waals surface area (Å²) in [5.41, 5.74) is 0.928. The van der Waals surface area contributed by atoms with Gasteiger partial charge in [0.2, 0.25) is 5.76 Å². The molecule has 17 heavy (non-hydrogen) atoms. The zero-order valence-electron chi connectivity index (χ0n) is 8.98. The highest BCUT2D eigenvalue weighted by Crippen LogP contribution is 2.37. The van der Waals surface area contributed by atoms with Crippen molar-refractivity contribution in [3.8, 4) is 6.07 Å². The first-order valence-corrected chi connectivity index (χ1v) is 6.26. The van der Waals surface area contributed by atoms with E-state index in [9.17, 15) is 4.39 Å². The van der Waals surface area contributed by atoms with Crippen molar-refractivity contribution in [1.29, 1.82) is 5.26 Å². The van der Waals surface area contributed by atoms with E-state index in [1.54, 1.807) is 0 Å². The van der Waals surface area contributed by atoms with Gasteiger partial charge in [-0.1, -0.05) is 24.9 Å². The predicted octanol–water partition coefficient (Wildman–Crippen LogP) is 4.81. The Balaban J connectivity index is 2.90. The van der Waals surface area contributed by atoms with Crippen molar-refractivity contribution in [2.75, 3.05) is 0 Å². The lowest BCUT2D eigenvalue weighted by atomic mass is 10.1. The first-order chi connectivity index (χ1) is 8.10. The normalized spacial score (nSPS) is 10.8. The van der Waals surface area contributed by atoms with Crippen LogP contribution in [0.5, 0.6) is 0 Å². The number of hydrogen-bond acceptors (Lipinski definition) is 2. The molecule has 0 atom stereocenters. The lowest BCUT2D eigenvalue weighted by Crippen LogP contribution is -1.88.